The van der Waals surface area contributed by atoms with Crippen LogP contribution in [0.4, 0.5) is 10.1 Å². The van der Waals surface area contributed by atoms with Crippen LogP contribution < -0.4 is 5.32 Å². The van der Waals surface area contributed by atoms with Crippen LogP contribution in [0.5, 0.6) is 0 Å². The van der Waals surface area contributed by atoms with Crippen LogP contribution in [0.15, 0.2) is 48.5 Å². The molecule has 0 radical (unpaired) electrons. The van der Waals surface area contributed by atoms with Crippen molar-refractivity contribution in [3.8, 4) is 0 Å². The molecule has 0 heterocycles. The molecule has 118 valence electrons. The average Bonchev–Trinajstić information content (AvgIpc) is 2.47. The van der Waals surface area contributed by atoms with Gasteiger partial charge < -0.3 is 5.32 Å². The maximum atomic E-state index is 13.2. The molecule has 0 aromatic heterocycles. The minimum atomic E-state index is -0.230. The molecular weight excluding hydrogens is 289 g/mol. The molecule has 0 fully saturated rings. The van der Waals surface area contributed by atoms with Crippen LogP contribution in [0.1, 0.15) is 38.3 Å². The number of hydrogen-bond donors (Lipinski definition) is 1. The highest BCUT2D eigenvalue weighted by atomic mass is 19.1. The molecule has 1 amide bonds. The van der Waals surface area contributed by atoms with Gasteiger partial charge in [0.25, 0.3) is 0 Å². The van der Waals surface area contributed by atoms with E-state index in [1.807, 2.05) is 36.4 Å². The van der Waals surface area contributed by atoms with E-state index in [-0.39, 0.29) is 17.1 Å². The highest BCUT2D eigenvalue weighted by Crippen LogP contribution is 2.56. The van der Waals surface area contributed by atoms with Crippen LogP contribution in [-0.2, 0) is 4.79 Å². The molecule has 2 aromatic rings. The molecule has 0 atom stereocenters. The van der Waals surface area contributed by atoms with E-state index in [1.54, 1.807) is 0 Å². The predicted molar refractivity (Wildman–Crippen MR) is 92.4 cm³/mol. The normalized spacial score (nSPS) is 16.0. The van der Waals surface area contributed by atoms with E-state index in [9.17, 15) is 9.18 Å². The summed E-state index contributed by atoms with van der Waals surface area (Å²) in [4.78, 5) is 11.4. The molecule has 0 saturated heterocycles. The lowest BCUT2D eigenvalue weighted by Gasteiger charge is -2.42. The summed E-state index contributed by atoms with van der Waals surface area (Å²) in [7, 11) is 0. The summed E-state index contributed by atoms with van der Waals surface area (Å²) in [6, 6.07) is 14.5. The van der Waals surface area contributed by atoms with Gasteiger partial charge in [0.2, 0.25) is 5.91 Å². The van der Waals surface area contributed by atoms with Crippen LogP contribution in [-0.4, -0.2) is 5.91 Å². The zero-order valence-corrected chi connectivity index (χ0v) is 13.6. The number of nitrogens with one attached hydrogen (secondary N) is 1. The molecule has 2 aromatic carbocycles. The van der Waals surface area contributed by atoms with Gasteiger partial charge in [-0.15, -0.1) is 0 Å². The van der Waals surface area contributed by atoms with Crippen LogP contribution in [0.3, 0.4) is 0 Å². The van der Waals surface area contributed by atoms with Crippen molar-refractivity contribution in [2.45, 2.75) is 27.2 Å². The highest BCUT2D eigenvalue weighted by Gasteiger charge is 2.38. The van der Waals surface area contributed by atoms with Crippen LogP contribution in [0.2, 0.25) is 0 Å². The Morgan fingerprint density at radius 1 is 1.09 bits per heavy atom. The Labute approximate surface area is 136 Å². The van der Waals surface area contributed by atoms with Crippen molar-refractivity contribution in [3.05, 3.63) is 65.5 Å². The van der Waals surface area contributed by atoms with Gasteiger partial charge in [-0.05, 0) is 46.7 Å². The topological polar surface area (TPSA) is 29.1 Å². The average molecular weight is 309 g/mol. The van der Waals surface area contributed by atoms with Gasteiger partial charge in [0, 0.05) is 18.2 Å². The van der Waals surface area contributed by atoms with Crippen molar-refractivity contribution < 1.29 is 9.18 Å². The Bertz CT molecular complexity index is 788. The number of allylic oxidation sites excluding steroid dienone is 2. The third-order valence-electron chi connectivity index (χ3n) is 4.29. The van der Waals surface area contributed by atoms with Crippen molar-refractivity contribution in [2.24, 2.45) is 5.41 Å². The Kier molecular flexibility index (Phi) is 3.80. The number of amides is 1. The van der Waals surface area contributed by atoms with Crippen molar-refractivity contribution >= 4 is 22.7 Å². The maximum absolute atomic E-state index is 13.2. The molecule has 1 aliphatic carbocycles. The van der Waals surface area contributed by atoms with Crippen molar-refractivity contribution in [3.63, 3.8) is 0 Å². The van der Waals surface area contributed by atoms with Gasteiger partial charge in [0.05, 0.1) is 0 Å². The summed E-state index contributed by atoms with van der Waals surface area (Å²) < 4.78 is 13.2. The molecule has 0 aliphatic heterocycles. The van der Waals surface area contributed by atoms with Gasteiger partial charge in [0.15, 0.2) is 0 Å². The second-order valence-corrected chi connectivity index (χ2v) is 6.65. The monoisotopic (exact) mass is 309 g/mol. The van der Waals surface area contributed by atoms with E-state index < -0.39 is 0 Å². The summed E-state index contributed by atoms with van der Waals surface area (Å²) in [5.74, 6) is -0.313. The highest BCUT2D eigenvalue weighted by molar-refractivity contribution is 6.04. The van der Waals surface area contributed by atoms with E-state index >= 15 is 0 Å². The number of benzene rings is 2. The quantitative estimate of drug-likeness (QED) is 0.837. The smallest absolute Gasteiger partial charge is 0.221 e. The molecule has 0 unspecified atom stereocenters. The number of hydrogen-bond acceptors (Lipinski definition) is 1. The molecule has 2 nitrogen and oxygen atoms in total. The number of halogens is 1. The van der Waals surface area contributed by atoms with Crippen LogP contribution >= 0.6 is 0 Å². The van der Waals surface area contributed by atoms with Gasteiger partial charge >= 0.3 is 0 Å². The zero-order valence-electron chi connectivity index (χ0n) is 13.6. The number of carbonyl (C=O) groups is 1. The third kappa shape index (κ3) is 2.91. The molecule has 1 N–H and O–H groups in total. The number of rotatable bonds is 3. The number of para-hydroxylation sites is 1. The molecule has 0 saturated carbocycles. The summed E-state index contributed by atoms with van der Waals surface area (Å²) in [6.07, 6.45) is 0.927. The molecule has 0 bridgehead atoms. The summed E-state index contributed by atoms with van der Waals surface area (Å²) >= 11 is 0. The zero-order chi connectivity index (χ0) is 16.6. The molecule has 0 spiro atoms. The Hall–Kier alpha value is -2.42. The first kappa shape index (κ1) is 15.5. The lowest BCUT2D eigenvalue weighted by Crippen LogP contribution is -2.26. The van der Waals surface area contributed by atoms with Crippen molar-refractivity contribution in [2.75, 3.05) is 5.32 Å². The molecule has 23 heavy (non-hydrogen) atoms. The lowest BCUT2D eigenvalue weighted by atomic mass is 9.62. The fraction of sp³-hybridized carbons (Fsp3) is 0.250. The summed E-state index contributed by atoms with van der Waals surface area (Å²) in [6.45, 7) is 5.89. The number of carbonyl (C=O) groups excluding carboxylic acids is 1. The van der Waals surface area contributed by atoms with Crippen LogP contribution in [0, 0.1) is 11.2 Å². The van der Waals surface area contributed by atoms with Crippen LogP contribution in [0.25, 0.3) is 11.1 Å². The summed E-state index contributed by atoms with van der Waals surface area (Å²) in [5, 5.41) is 2.90. The van der Waals surface area contributed by atoms with Crippen molar-refractivity contribution in [1.29, 1.82) is 0 Å². The van der Waals surface area contributed by atoms with Crippen molar-refractivity contribution in [1.82, 2.24) is 0 Å². The first-order valence-corrected chi connectivity index (χ1v) is 7.75. The van der Waals surface area contributed by atoms with Gasteiger partial charge in [-0.2, -0.15) is 0 Å². The minimum Gasteiger partial charge on any atom is -0.326 e. The largest absolute Gasteiger partial charge is 0.326 e. The summed E-state index contributed by atoms with van der Waals surface area (Å²) in [5.41, 5.74) is 5.37. The third-order valence-corrected chi connectivity index (χ3v) is 4.29. The van der Waals surface area contributed by atoms with Gasteiger partial charge in [-0.3, -0.25) is 4.79 Å². The lowest BCUT2D eigenvalue weighted by molar-refractivity contribution is -0.114. The molecular formula is C20H20FNO. The Morgan fingerprint density at radius 3 is 2.35 bits per heavy atom. The van der Waals surface area contributed by atoms with Gasteiger partial charge in [0.1, 0.15) is 5.82 Å². The molecule has 3 heteroatoms. The Balaban J connectivity index is 2.12. The predicted octanol–water partition coefficient (Wildman–Crippen LogP) is 5.12. The molecule has 1 aliphatic rings. The van der Waals surface area contributed by atoms with E-state index in [0.29, 0.717) is 0 Å². The standard InChI is InChI=1S/C20H20FNO/c1-13(23)22-18-7-5-4-6-16(18)17-12-20(2,3)19(17)14-8-10-15(21)11-9-14/h4-11H,12H2,1-3H3,(H,22,23). The maximum Gasteiger partial charge on any atom is 0.221 e. The fourth-order valence-electron chi connectivity index (χ4n) is 3.38. The number of anilines is 1. The Morgan fingerprint density at radius 2 is 1.74 bits per heavy atom. The first-order valence-electron chi connectivity index (χ1n) is 7.75. The van der Waals surface area contributed by atoms with E-state index in [4.69, 9.17) is 0 Å². The van der Waals surface area contributed by atoms with E-state index in [1.165, 1.54) is 30.2 Å². The fourth-order valence-corrected chi connectivity index (χ4v) is 3.38. The second kappa shape index (κ2) is 5.65. The van der Waals surface area contributed by atoms with E-state index in [0.717, 1.165) is 23.2 Å². The van der Waals surface area contributed by atoms with Gasteiger partial charge in [-0.1, -0.05) is 44.2 Å². The second-order valence-electron chi connectivity index (χ2n) is 6.65. The van der Waals surface area contributed by atoms with Gasteiger partial charge in [-0.25, -0.2) is 4.39 Å². The molecule has 3 rings (SSSR count). The minimum absolute atomic E-state index is 0.0382. The van der Waals surface area contributed by atoms with E-state index in [2.05, 4.69) is 19.2 Å². The first-order chi connectivity index (χ1) is 10.9. The SMILES string of the molecule is CC(=O)Nc1ccccc1C1=C(c2ccc(F)cc2)C(C)(C)C1.